The number of nitrogens with zero attached hydrogens (tertiary/aromatic N) is 3. The average Bonchev–Trinajstić information content (AvgIpc) is 3.88. The van der Waals surface area contributed by atoms with Gasteiger partial charge >= 0.3 is 0 Å². The van der Waals surface area contributed by atoms with Crippen molar-refractivity contribution in [3.8, 4) is 22.6 Å². The summed E-state index contributed by atoms with van der Waals surface area (Å²) in [5, 5.41) is 16.0. The van der Waals surface area contributed by atoms with E-state index in [0.29, 0.717) is 37.1 Å². The Hall–Kier alpha value is -6.25. The van der Waals surface area contributed by atoms with Gasteiger partial charge < -0.3 is 24.7 Å². The van der Waals surface area contributed by atoms with Crippen molar-refractivity contribution in [2.75, 3.05) is 36.5 Å². The van der Waals surface area contributed by atoms with Crippen molar-refractivity contribution in [1.29, 1.82) is 0 Å². The molecule has 1 amide bonds. The van der Waals surface area contributed by atoms with E-state index in [-0.39, 0.29) is 28.5 Å². The zero-order valence-electron chi connectivity index (χ0n) is 33.2. The largest absolute Gasteiger partial charge is 0.455 e. The van der Waals surface area contributed by atoms with Crippen LogP contribution in [0.1, 0.15) is 72.9 Å². The molecule has 3 N–H and O–H groups in total. The summed E-state index contributed by atoms with van der Waals surface area (Å²) in [6.45, 7) is 5.04. The Balaban J connectivity index is 0.989. The number of hydrogen-bond donors (Lipinski definition) is 3. The first-order chi connectivity index (χ1) is 29.1. The minimum absolute atomic E-state index is 0.0560. The summed E-state index contributed by atoms with van der Waals surface area (Å²) in [7, 11) is -4.56. The zero-order valence-corrected chi connectivity index (χ0v) is 34.0. The average molecular weight is 827 g/mol. The maximum Gasteiger partial charge on any atom is 0.293 e. The number of benzene rings is 4. The lowest BCUT2D eigenvalue weighted by molar-refractivity contribution is -0.384. The Morgan fingerprint density at radius 3 is 2.55 bits per heavy atom. The maximum absolute atomic E-state index is 13.9. The predicted octanol–water partition coefficient (Wildman–Crippen LogP) is 9.28. The molecule has 2 saturated heterocycles. The number of ether oxygens (including phenoxy) is 2. The first kappa shape index (κ1) is 39.2. The summed E-state index contributed by atoms with van der Waals surface area (Å²) in [5.41, 5.74) is 5.87. The number of aromatic amines is 1. The second kappa shape index (κ2) is 16.1. The molecule has 9 rings (SSSR count). The number of anilines is 2. The molecule has 0 spiro atoms. The molecule has 308 valence electrons. The number of carbonyl (C=O) groups is 1. The van der Waals surface area contributed by atoms with Crippen molar-refractivity contribution in [1.82, 2.24) is 14.7 Å². The third-order valence-corrected chi connectivity index (χ3v) is 13.5. The SMILES string of the molecule is CC1(c2ccccc2C2CC2)CCCN1c1ccc(-c2ccc(C(=O)NS(=O)(=O)c3ccc(NCC4CCOCC4)c([N+](=O)[O-])c3)c(Oc3cnc4[nH]ccc4c3)c2)cc1. The van der Waals surface area contributed by atoms with Crippen molar-refractivity contribution >= 4 is 44.0 Å². The molecule has 1 unspecified atom stereocenters. The van der Waals surface area contributed by atoms with Crippen LogP contribution in [0.4, 0.5) is 17.1 Å². The lowest BCUT2D eigenvalue weighted by Gasteiger charge is -2.39. The van der Waals surface area contributed by atoms with Crippen LogP contribution in [0.25, 0.3) is 22.2 Å². The Morgan fingerprint density at radius 1 is 0.983 bits per heavy atom. The number of fused-ring (bicyclic) bond motifs is 1. The summed E-state index contributed by atoms with van der Waals surface area (Å²) in [6.07, 6.45) is 9.57. The predicted molar refractivity (Wildman–Crippen MR) is 230 cm³/mol. The molecule has 0 bridgehead atoms. The number of pyridine rings is 1. The van der Waals surface area contributed by atoms with E-state index in [1.165, 1.54) is 48.4 Å². The number of nitro benzene ring substituents is 1. The molecule has 0 radical (unpaired) electrons. The van der Waals surface area contributed by atoms with E-state index >= 15 is 0 Å². The fourth-order valence-electron chi connectivity index (χ4n) is 8.73. The fraction of sp³-hybridized carbons (Fsp3) is 0.304. The van der Waals surface area contributed by atoms with Gasteiger partial charge in [-0.15, -0.1) is 0 Å². The van der Waals surface area contributed by atoms with Gasteiger partial charge in [-0.05, 0) is 128 Å². The second-order valence-corrected chi connectivity index (χ2v) is 17.8. The number of amides is 1. The van der Waals surface area contributed by atoms with E-state index < -0.39 is 31.4 Å². The topological polar surface area (TPSA) is 169 Å². The smallest absolute Gasteiger partial charge is 0.293 e. The number of rotatable bonds is 13. The highest BCUT2D eigenvalue weighted by Crippen LogP contribution is 2.49. The summed E-state index contributed by atoms with van der Waals surface area (Å²) in [4.78, 5) is 34.9. The minimum Gasteiger partial charge on any atom is -0.455 e. The Morgan fingerprint density at radius 2 is 1.77 bits per heavy atom. The van der Waals surface area contributed by atoms with Crippen LogP contribution in [0.2, 0.25) is 0 Å². The molecular weight excluding hydrogens is 781 g/mol. The van der Waals surface area contributed by atoms with Crippen LogP contribution in [0, 0.1) is 16.0 Å². The van der Waals surface area contributed by atoms with Crippen LogP contribution in [0.15, 0.2) is 114 Å². The number of aromatic nitrogens is 2. The third-order valence-electron chi connectivity index (χ3n) is 12.2. The highest BCUT2D eigenvalue weighted by molar-refractivity contribution is 7.90. The number of nitro groups is 1. The molecule has 1 saturated carbocycles. The Labute approximate surface area is 348 Å². The van der Waals surface area contributed by atoms with Crippen molar-refractivity contribution in [2.24, 2.45) is 5.92 Å². The molecule has 4 heterocycles. The lowest BCUT2D eigenvalue weighted by Crippen LogP contribution is -2.39. The van der Waals surface area contributed by atoms with Gasteiger partial charge in [0.1, 0.15) is 22.8 Å². The Bertz CT molecular complexity index is 2690. The first-order valence-corrected chi connectivity index (χ1v) is 21.9. The number of hydrogen-bond acceptors (Lipinski definition) is 10. The van der Waals surface area contributed by atoms with Crippen LogP contribution in [-0.2, 0) is 20.3 Å². The molecular formula is C46H46N6O7S. The van der Waals surface area contributed by atoms with E-state index in [1.807, 2.05) is 18.2 Å². The monoisotopic (exact) mass is 826 g/mol. The zero-order chi connectivity index (χ0) is 41.4. The second-order valence-electron chi connectivity index (χ2n) is 16.1. The van der Waals surface area contributed by atoms with Gasteiger partial charge in [0.2, 0.25) is 0 Å². The number of carbonyl (C=O) groups excluding carboxylic acids is 1. The van der Waals surface area contributed by atoms with Gasteiger partial charge in [-0.2, -0.15) is 0 Å². The highest BCUT2D eigenvalue weighted by Gasteiger charge is 2.41. The summed E-state index contributed by atoms with van der Waals surface area (Å²) in [6, 6.07) is 29.4. The quantitative estimate of drug-likeness (QED) is 0.0754. The first-order valence-electron chi connectivity index (χ1n) is 20.5. The minimum atomic E-state index is -4.56. The van der Waals surface area contributed by atoms with Gasteiger partial charge in [-0.1, -0.05) is 42.5 Å². The Kier molecular flexibility index (Phi) is 10.5. The van der Waals surface area contributed by atoms with Crippen molar-refractivity contribution in [3.63, 3.8) is 0 Å². The summed E-state index contributed by atoms with van der Waals surface area (Å²) >= 11 is 0. The molecule has 3 aliphatic rings. The molecule has 60 heavy (non-hydrogen) atoms. The van der Waals surface area contributed by atoms with Crippen LogP contribution >= 0.6 is 0 Å². The standard InChI is InChI=1S/C46H46N6O7S/c1-46(40-6-3-2-5-38(40)32-7-8-32)20-4-22-51(46)35-12-9-31(10-13-35)33-11-15-39(43(26-33)59-36-25-34-17-21-47-44(34)49-29-36)45(53)50-60(56,57)37-14-16-41(42(27-37)52(54)55)48-28-30-18-23-58-24-19-30/h2-3,5-6,9-17,21,25-27,29-30,32,48H,4,7-8,18-20,22-24,28H2,1H3,(H,47,49)(H,50,53). The number of nitrogens with one attached hydrogen (secondary N) is 3. The molecule has 2 aromatic heterocycles. The van der Waals surface area contributed by atoms with Crippen molar-refractivity contribution < 1.29 is 27.6 Å². The number of sulfonamides is 1. The van der Waals surface area contributed by atoms with E-state index in [9.17, 15) is 23.3 Å². The van der Waals surface area contributed by atoms with Gasteiger partial charge in [-0.25, -0.2) is 18.1 Å². The molecule has 1 atom stereocenters. The molecule has 13 nitrogen and oxygen atoms in total. The van der Waals surface area contributed by atoms with Gasteiger partial charge in [0, 0.05) is 49.6 Å². The molecule has 6 aromatic rings. The van der Waals surface area contributed by atoms with Gasteiger partial charge in [0.25, 0.3) is 21.6 Å². The van der Waals surface area contributed by atoms with E-state index in [2.05, 4.69) is 68.2 Å². The van der Waals surface area contributed by atoms with Gasteiger partial charge in [-0.3, -0.25) is 14.9 Å². The summed E-state index contributed by atoms with van der Waals surface area (Å²) in [5.74, 6) is 0.393. The van der Waals surface area contributed by atoms with Crippen LogP contribution < -0.4 is 19.7 Å². The van der Waals surface area contributed by atoms with Crippen LogP contribution in [-0.4, -0.2) is 55.5 Å². The molecule has 3 fully saturated rings. The maximum atomic E-state index is 13.9. The molecule has 14 heteroatoms. The lowest BCUT2D eigenvalue weighted by atomic mass is 9.84. The van der Waals surface area contributed by atoms with Gasteiger partial charge in [0.15, 0.2) is 0 Å². The van der Waals surface area contributed by atoms with E-state index in [0.717, 1.165) is 60.5 Å². The van der Waals surface area contributed by atoms with Crippen molar-refractivity contribution in [2.45, 2.75) is 61.8 Å². The molecule has 2 aliphatic heterocycles. The highest BCUT2D eigenvalue weighted by atomic mass is 32.2. The fourth-order valence-corrected chi connectivity index (χ4v) is 9.71. The van der Waals surface area contributed by atoms with Crippen LogP contribution in [0.3, 0.4) is 0 Å². The number of H-pyrrole nitrogens is 1. The van der Waals surface area contributed by atoms with E-state index in [4.69, 9.17) is 9.47 Å². The summed E-state index contributed by atoms with van der Waals surface area (Å²) < 4.78 is 41.2. The van der Waals surface area contributed by atoms with Gasteiger partial charge in [0.05, 0.1) is 27.1 Å². The molecule has 1 aliphatic carbocycles. The van der Waals surface area contributed by atoms with Crippen LogP contribution in [0.5, 0.6) is 11.5 Å². The molecule has 4 aromatic carbocycles. The normalized spacial score (nSPS) is 18.4. The van der Waals surface area contributed by atoms with Crippen molar-refractivity contribution in [3.05, 3.63) is 136 Å². The van der Waals surface area contributed by atoms with E-state index in [1.54, 1.807) is 24.4 Å². The third kappa shape index (κ3) is 7.92.